The molecule has 0 bridgehead atoms. The first kappa shape index (κ1) is 15.3. The highest BCUT2D eigenvalue weighted by Crippen LogP contribution is 2.34. The summed E-state index contributed by atoms with van der Waals surface area (Å²) in [5.74, 6) is 0. The summed E-state index contributed by atoms with van der Waals surface area (Å²) in [6.45, 7) is 0.0747. The van der Waals surface area contributed by atoms with Crippen molar-refractivity contribution >= 4 is 21.6 Å². The van der Waals surface area contributed by atoms with Crippen LogP contribution in [0, 0.1) is 0 Å². The smallest absolute Gasteiger partial charge is 0.394 e. The zero-order chi connectivity index (χ0) is 13.8. The van der Waals surface area contributed by atoms with Crippen LogP contribution in [0.3, 0.4) is 0 Å². The Morgan fingerprint density at radius 2 is 2.11 bits per heavy atom. The Morgan fingerprint density at radius 1 is 1.44 bits per heavy atom. The lowest BCUT2D eigenvalue weighted by Crippen LogP contribution is -2.28. The number of anilines is 1. The number of benzene rings is 1. The number of aliphatic hydroxyl groups is 1. The largest absolute Gasteiger partial charge is 0.416 e. The van der Waals surface area contributed by atoms with Gasteiger partial charge < -0.3 is 15.2 Å². The van der Waals surface area contributed by atoms with Crippen LogP contribution in [0.25, 0.3) is 0 Å². The van der Waals surface area contributed by atoms with Crippen molar-refractivity contribution in [2.75, 3.05) is 25.6 Å². The second-order valence-electron chi connectivity index (χ2n) is 3.67. The van der Waals surface area contributed by atoms with Gasteiger partial charge in [0.05, 0.1) is 24.8 Å². The molecule has 0 aliphatic heterocycles. The summed E-state index contributed by atoms with van der Waals surface area (Å²) in [4.78, 5) is 0. The standard InChI is InChI=1S/C11H13BrF3NO2/c1-18-6-8(5-17)16-10-3-2-7(4-9(10)12)11(13,14)15/h2-4,8,16-17H,5-6H2,1H3. The molecule has 1 atom stereocenters. The highest BCUT2D eigenvalue weighted by molar-refractivity contribution is 9.10. The Balaban J connectivity index is 2.85. The average Bonchev–Trinajstić information content (AvgIpc) is 2.29. The van der Waals surface area contributed by atoms with E-state index in [1.54, 1.807) is 0 Å². The number of ether oxygens (including phenoxy) is 1. The Morgan fingerprint density at radius 3 is 2.56 bits per heavy atom. The SMILES string of the molecule is COCC(CO)Nc1ccc(C(F)(F)F)cc1Br. The van der Waals surface area contributed by atoms with Crippen LogP contribution in [0.2, 0.25) is 0 Å². The van der Waals surface area contributed by atoms with Crippen molar-refractivity contribution in [1.82, 2.24) is 0 Å². The molecule has 0 amide bonds. The van der Waals surface area contributed by atoms with Crippen LogP contribution < -0.4 is 5.32 Å². The van der Waals surface area contributed by atoms with Crippen molar-refractivity contribution in [3.63, 3.8) is 0 Å². The number of rotatable bonds is 5. The second kappa shape index (κ2) is 6.40. The van der Waals surface area contributed by atoms with Crippen molar-refractivity contribution in [3.05, 3.63) is 28.2 Å². The normalized spacial score (nSPS) is 13.4. The molecule has 0 spiro atoms. The molecule has 1 unspecified atom stereocenters. The summed E-state index contributed by atoms with van der Waals surface area (Å²) in [6, 6.07) is 2.91. The Labute approximate surface area is 111 Å². The van der Waals surface area contributed by atoms with Crippen LogP contribution in [-0.2, 0) is 10.9 Å². The number of nitrogens with one attached hydrogen (secondary N) is 1. The van der Waals surface area contributed by atoms with Gasteiger partial charge in [-0.3, -0.25) is 0 Å². The summed E-state index contributed by atoms with van der Waals surface area (Å²) in [5, 5.41) is 11.9. The minimum Gasteiger partial charge on any atom is -0.394 e. The van der Waals surface area contributed by atoms with Crippen molar-refractivity contribution in [3.8, 4) is 0 Å². The molecule has 0 saturated heterocycles. The summed E-state index contributed by atoms with van der Waals surface area (Å²) in [6.07, 6.45) is -4.37. The lowest BCUT2D eigenvalue weighted by molar-refractivity contribution is -0.137. The monoisotopic (exact) mass is 327 g/mol. The van der Waals surface area contributed by atoms with Gasteiger partial charge >= 0.3 is 6.18 Å². The molecule has 0 aromatic heterocycles. The summed E-state index contributed by atoms with van der Waals surface area (Å²) >= 11 is 3.06. The van der Waals surface area contributed by atoms with E-state index in [1.807, 2.05) is 0 Å². The molecule has 1 aromatic rings. The van der Waals surface area contributed by atoms with Gasteiger partial charge in [-0.2, -0.15) is 13.2 Å². The van der Waals surface area contributed by atoms with Crippen LogP contribution in [0.15, 0.2) is 22.7 Å². The average molecular weight is 328 g/mol. The Hall–Kier alpha value is -0.790. The molecular weight excluding hydrogens is 315 g/mol. The minimum atomic E-state index is -4.37. The minimum absolute atomic E-state index is 0.179. The topological polar surface area (TPSA) is 41.5 Å². The fourth-order valence-corrected chi connectivity index (χ4v) is 1.86. The second-order valence-corrected chi connectivity index (χ2v) is 4.53. The van der Waals surface area contributed by atoms with E-state index in [0.29, 0.717) is 5.69 Å². The maximum absolute atomic E-state index is 12.4. The molecule has 0 aliphatic rings. The van der Waals surface area contributed by atoms with Crippen LogP contribution in [0.4, 0.5) is 18.9 Å². The van der Waals surface area contributed by atoms with Crippen LogP contribution in [0.5, 0.6) is 0 Å². The fraction of sp³-hybridized carbons (Fsp3) is 0.455. The predicted octanol–water partition coefficient (Wildman–Crippen LogP) is 2.89. The molecule has 102 valence electrons. The summed E-state index contributed by atoms with van der Waals surface area (Å²) < 4.78 is 42.5. The van der Waals surface area contributed by atoms with Gasteiger partial charge in [0.25, 0.3) is 0 Å². The zero-order valence-electron chi connectivity index (χ0n) is 9.59. The van der Waals surface area contributed by atoms with Crippen molar-refractivity contribution in [2.24, 2.45) is 0 Å². The maximum atomic E-state index is 12.4. The first-order valence-electron chi connectivity index (χ1n) is 5.11. The van der Waals surface area contributed by atoms with Crippen molar-refractivity contribution in [1.29, 1.82) is 0 Å². The molecular formula is C11H13BrF3NO2. The molecule has 2 N–H and O–H groups in total. The number of halogens is 4. The summed E-state index contributed by atoms with van der Waals surface area (Å²) in [7, 11) is 1.48. The Bertz CT molecular complexity index is 398. The number of alkyl halides is 3. The molecule has 1 rings (SSSR count). The lowest BCUT2D eigenvalue weighted by Gasteiger charge is -2.18. The Kier molecular flexibility index (Phi) is 5.43. The van der Waals surface area contributed by atoms with E-state index in [9.17, 15) is 13.2 Å². The zero-order valence-corrected chi connectivity index (χ0v) is 11.2. The molecule has 0 heterocycles. The molecule has 0 fully saturated rings. The van der Waals surface area contributed by atoms with E-state index in [2.05, 4.69) is 21.2 Å². The van der Waals surface area contributed by atoms with E-state index in [1.165, 1.54) is 13.2 Å². The van der Waals surface area contributed by atoms with Gasteiger partial charge in [0.1, 0.15) is 0 Å². The molecule has 0 aliphatic carbocycles. The summed E-state index contributed by atoms with van der Waals surface area (Å²) in [5.41, 5.74) is -0.258. The molecule has 1 aromatic carbocycles. The maximum Gasteiger partial charge on any atom is 0.416 e. The predicted molar refractivity (Wildman–Crippen MR) is 65.5 cm³/mol. The highest BCUT2D eigenvalue weighted by atomic mass is 79.9. The van der Waals surface area contributed by atoms with Crippen LogP contribution in [0.1, 0.15) is 5.56 Å². The van der Waals surface area contributed by atoms with Gasteiger partial charge in [-0.05, 0) is 34.1 Å². The van der Waals surface area contributed by atoms with Crippen LogP contribution >= 0.6 is 15.9 Å². The first-order valence-corrected chi connectivity index (χ1v) is 5.91. The van der Waals surface area contributed by atoms with E-state index in [-0.39, 0.29) is 23.7 Å². The molecule has 0 radical (unpaired) electrons. The number of methoxy groups -OCH3 is 1. The molecule has 3 nitrogen and oxygen atoms in total. The fourth-order valence-electron chi connectivity index (χ4n) is 1.37. The molecule has 0 saturated carbocycles. The van der Waals surface area contributed by atoms with Gasteiger partial charge in [0.15, 0.2) is 0 Å². The van der Waals surface area contributed by atoms with Crippen LogP contribution in [-0.4, -0.2) is 31.5 Å². The third-order valence-electron chi connectivity index (χ3n) is 2.24. The van der Waals surface area contributed by atoms with E-state index in [0.717, 1.165) is 12.1 Å². The lowest BCUT2D eigenvalue weighted by atomic mass is 10.2. The van der Waals surface area contributed by atoms with Gasteiger partial charge in [0, 0.05) is 17.3 Å². The third-order valence-corrected chi connectivity index (χ3v) is 2.90. The first-order chi connectivity index (χ1) is 8.38. The van der Waals surface area contributed by atoms with E-state index >= 15 is 0 Å². The van der Waals surface area contributed by atoms with E-state index in [4.69, 9.17) is 9.84 Å². The number of hydrogen-bond donors (Lipinski definition) is 2. The van der Waals surface area contributed by atoms with Gasteiger partial charge in [-0.1, -0.05) is 0 Å². The highest BCUT2D eigenvalue weighted by Gasteiger charge is 2.30. The molecule has 18 heavy (non-hydrogen) atoms. The van der Waals surface area contributed by atoms with Gasteiger partial charge in [-0.15, -0.1) is 0 Å². The number of hydrogen-bond acceptors (Lipinski definition) is 3. The van der Waals surface area contributed by atoms with Gasteiger partial charge in [0.2, 0.25) is 0 Å². The van der Waals surface area contributed by atoms with Gasteiger partial charge in [-0.25, -0.2) is 0 Å². The molecule has 7 heteroatoms. The van der Waals surface area contributed by atoms with Crippen molar-refractivity contribution in [2.45, 2.75) is 12.2 Å². The number of aliphatic hydroxyl groups excluding tert-OH is 1. The van der Waals surface area contributed by atoms with E-state index < -0.39 is 11.7 Å². The quantitative estimate of drug-likeness (QED) is 0.873. The third kappa shape index (κ3) is 4.15. The van der Waals surface area contributed by atoms with Crippen molar-refractivity contribution < 1.29 is 23.0 Å².